The molecule has 0 atom stereocenters. The van der Waals surface area contributed by atoms with Gasteiger partial charge >= 0.3 is 12.1 Å². The van der Waals surface area contributed by atoms with Gasteiger partial charge in [0.05, 0.1) is 24.6 Å². The molecule has 0 spiro atoms. The van der Waals surface area contributed by atoms with E-state index in [1.54, 1.807) is 0 Å². The molecule has 7 nitrogen and oxygen atoms in total. The van der Waals surface area contributed by atoms with Crippen LogP contribution < -0.4 is 5.32 Å². The number of carboxylic acid groups (broad SMARTS) is 1. The number of aromatic carboxylic acids is 1. The number of hydrogen-bond acceptors (Lipinski definition) is 5. The minimum Gasteiger partial charge on any atom is -0.476 e. The van der Waals surface area contributed by atoms with Crippen LogP contribution in [-0.4, -0.2) is 27.1 Å². The van der Waals surface area contributed by atoms with E-state index in [2.05, 4.69) is 15.3 Å². The van der Waals surface area contributed by atoms with E-state index in [0.29, 0.717) is 5.69 Å². The van der Waals surface area contributed by atoms with E-state index in [1.807, 2.05) is 30.3 Å². The summed E-state index contributed by atoms with van der Waals surface area (Å²) in [5.41, 5.74) is 1.18. The maximum atomic E-state index is 11.5. The normalized spacial score (nSPS) is 9.90. The van der Waals surface area contributed by atoms with Crippen LogP contribution in [-0.2, 0) is 17.9 Å². The first-order chi connectivity index (χ1) is 10.1. The van der Waals surface area contributed by atoms with E-state index in [1.165, 1.54) is 6.20 Å². The second kappa shape index (κ2) is 6.99. The number of carbonyl (C=O) groups is 2. The fourth-order valence-electron chi connectivity index (χ4n) is 1.49. The first-order valence-electron chi connectivity index (χ1n) is 6.14. The Hall–Kier alpha value is -2.96. The number of carboxylic acids is 1. The Bertz CT molecular complexity index is 614. The molecule has 21 heavy (non-hydrogen) atoms. The number of ether oxygens (including phenoxy) is 1. The quantitative estimate of drug-likeness (QED) is 0.866. The van der Waals surface area contributed by atoms with Crippen molar-refractivity contribution in [2.45, 2.75) is 13.2 Å². The molecule has 1 aromatic carbocycles. The molecule has 0 aliphatic rings. The average Bonchev–Trinajstić information content (AvgIpc) is 2.52. The van der Waals surface area contributed by atoms with E-state index in [-0.39, 0.29) is 18.8 Å². The molecule has 0 unspecified atom stereocenters. The van der Waals surface area contributed by atoms with Gasteiger partial charge in [0.25, 0.3) is 0 Å². The number of benzene rings is 1. The number of aromatic nitrogens is 2. The minimum absolute atomic E-state index is 0.112. The second-order valence-electron chi connectivity index (χ2n) is 4.11. The summed E-state index contributed by atoms with van der Waals surface area (Å²) in [6.07, 6.45) is 1.85. The van der Waals surface area contributed by atoms with Gasteiger partial charge in [0.2, 0.25) is 0 Å². The smallest absolute Gasteiger partial charge is 0.407 e. The molecule has 0 saturated carbocycles. The molecular weight excluding hydrogens is 274 g/mol. The summed E-state index contributed by atoms with van der Waals surface area (Å²) in [7, 11) is 0. The van der Waals surface area contributed by atoms with Crippen LogP contribution in [0.4, 0.5) is 4.79 Å². The summed E-state index contributed by atoms with van der Waals surface area (Å²) >= 11 is 0. The third-order valence-electron chi connectivity index (χ3n) is 2.55. The molecule has 1 amide bonds. The largest absolute Gasteiger partial charge is 0.476 e. The number of rotatable bonds is 5. The number of hydrogen-bond donors (Lipinski definition) is 2. The lowest BCUT2D eigenvalue weighted by atomic mass is 10.2. The van der Waals surface area contributed by atoms with Crippen molar-refractivity contribution in [3.05, 3.63) is 59.7 Å². The van der Waals surface area contributed by atoms with Gasteiger partial charge in [-0.2, -0.15) is 0 Å². The van der Waals surface area contributed by atoms with Crippen molar-refractivity contribution in [3.63, 3.8) is 0 Å². The molecular formula is C14H13N3O4. The van der Waals surface area contributed by atoms with Crippen molar-refractivity contribution in [1.29, 1.82) is 0 Å². The molecule has 0 fully saturated rings. The van der Waals surface area contributed by atoms with E-state index < -0.39 is 12.1 Å². The molecule has 0 aliphatic heterocycles. The number of nitrogens with zero attached hydrogens (tertiary/aromatic N) is 2. The van der Waals surface area contributed by atoms with E-state index >= 15 is 0 Å². The molecule has 2 rings (SSSR count). The van der Waals surface area contributed by atoms with Gasteiger partial charge in [-0.1, -0.05) is 30.3 Å². The lowest BCUT2D eigenvalue weighted by molar-refractivity contribution is 0.0689. The van der Waals surface area contributed by atoms with Crippen LogP contribution in [0.1, 0.15) is 21.7 Å². The van der Waals surface area contributed by atoms with Crippen LogP contribution in [0, 0.1) is 0 Å². The van der Waals surface area contributed by atoms with Gasteiger partial charge in [0.15, 0.2) is 5.69 Å². The zero-order valence-electron chi connectivity index (χ0n) is 11.0. The van der Waals surface area contributed by atoms with Crippen LogP contribution in [0.2, 0.25) is 0 Å². The first kappa shape index (κ1) is 14.4. The third kappa shape index (κ3) is 4.57. The summed E-state index contributed by atoms with van der Waals surface area (Å²) in [6, 6.07) is 9.29. The summed E-state index contributed by atoms with van der Waals surface area (Å²) in [5.74, 6) is -1.15. The lowest BCUT2D eigenvalue weighted by Crippen LogP contribution is -2.24. The maximum Gasteiger partial charge on any atom is 0.407 e. The van der Waals surface area contributed by atoms with Crippen LogP contribution >= 0.6 is 0 Å². The molecule has 1 heterocycles. The molecule has 1 aromatic heterocycles. The predicted molar refractivity (Wildman–Crippen MR) is 72.5 cm³/mol. The zero-order valence-corrected chi connectivity index (χ0v) is 11.0. The molecule has 2 N–H and O–H groups in total. The van der Waals surface area contributed by atoms with Crippen LogP contribution in [0.15, 0.2) is 42.7 Å². The fraction of sp³-hybridized carbons (Fsp3) is 0.143. The van der Waals surface area contributed by atoms with Crippen molar-refractivity contribution in [1.82, 2.24) is 15.3 Å². The van der Waals surface area contributed by atoms with Gasteiger partial charge in [-0.3, -0.25) is 4.98 Å². The molecule has 0 radical (unpaired) electrons. The van der Waals surface area contributed by atoms with Gasteiger partial charge < -0.3 is 15.2 Å². The standard InChI is InChI=1S/C14H13N3O4/c18-13(19)12-8-15-11(6-16-12)7-17-14(20)21-9-10-4-2-1-3-5-10/h1-6,8H,7,9H2,(H,17,20)(H,18,19). The average molecular weight is 287 g/mol. The number of carbonyl (C=O) groups excluding carboxylic acids is 1. The first-order valence-corrected chi connectivity index (χ1v) is 6.14. The molecule has 7 heteroatoms. The Labute approximate surface area is 120 Å². The van der Waals surface area contributed by atoms with Gasteiger partial charge in [0, 0.05) is 0 Å². The van der Waals surface area contributed by atoms with Crippen molar-refractivity contribution < 1.29 is 19.4 Å². The summed E-state index contributed by atoms with van der Waals surface area (Å²) in [6.45, 7) is 0.289. The highest BCUT2D eigenvalue weighted by atomic mass is 16.5. The predicted octanol–water partition coefficient (Wildman–Crippen LogP) is 1.60. The Balaban J connectivity index is 1.77. The number of nitrogens with one attached hydrogen (secondary N) is 1. The van der Waals surface area contributed by atoms with Crippen LogP contribution in [0.5, 0.6) is 0 Å². The van der Waals surface area contributed by atoms with Gasteiger partial charge in [-0.25, -0.2) is 14.6 Å². The van der Waals surface area contributed by atoms with Crippen LogP contribution in [0.25, 0.3) is 0 Å². The van der Waals surface area contributed by atoms with E-state index in [4.69, 9.17) is 9.84 Å². The summed E-state index contributed by atoms with van der Waals surface area (Å²) < 4.78 is 5.02. The van der Waals surface area contributed by atoms with Crippen molar-refractivity contribution in [2.75, 3.05) is 0 Å². The highest BCUT2D eigenvalue weighted by Gasteiger charge is 2.06. The van der Waals surface area contributed by atoms with E-state index in [9.17, 15) is 9.59 Å². The van der Waals surface area contributed by atoms with Crippen molar-refractivity contribution in [2.24, 2.45) is 0 Å². The topological polar surface area (TPSA) is 101 Å². The van der Waals surface area contributed by atoms with Crippen molar-refractivity contribution >= 4 is 12.1 Å². The molecule has 0 aliphatic carbocycles. The Morgan fingerprint density at radius 2 is 1.90 bits per heavy atom. The van der Waals surface area contributed by atoms with Gasteiger partial charge in [0.1, 0.15) is 6.61 Å². The van der Waals surface area contributed by atoms with E-state index in [0.717, 1.165) is 11.8 Å². The summed E-state index contributed by atoms with van der Waals surface area (Å²) in [4.78, 5) is 29.7. The Morgan fingerprint density at radius 1 is 1.14 bits per heavy atom. The highest BCUT2D eigenvalue weighted by Crippen LogP contribution is 2.01. The highest BCUT2D eigenvalue weighted by molar-refractivity contribution is 5.84. The fourth-order valence-corrected chi connectivity index (χ4v) is 1.49. The van der Waals surface area contributed by atoms with Crippen molar-refractivity contribution in [3.8, 4) is 0 Å². The lowest BCUT2D eigenvalue weighted by Gasteiger charge is -2.06. The molecule has 2 aromatic rings. The van der Waals surface area contributed by atoms with Crippen LogP contribution in [0.3, 0.4) is 0 Å². The number of amides is 1. The molecule has 108 valence electrons. The zero-order chi connectivity index (χ0) is 15.1. The molecule has 0 saturated heterocycles. The van der Waals surface area contributed by atoms with Gasteiger partial charge in [-0.05, 0) is 5.56 Å². The van der Waals surface area contributed by atoms with Gasteiger partial charge in [-0.15, -0.1) is 0 Å². The third-order valence-corrected chi connectivity index (χ3v) is 2.55. The number of alkyl carbamates (subject to hydrolysis) is 1. The SMILES string of the molecule is O=C(NCc1cnc(C(=O)O)cn1)OCc1ccccc1. The Kier molecular flexibility index (Phi) is 4.81. The summed E-state index contributed by atoms with van der Waals surface area (Å²) in [5, 5.41) is 11.2. The Morgan fingerprint density at radius 3 is 2.52 bits per heavy atom. The maximum absolute atomic E-state index is 11.5. The minimum atomic E-state index is -1.15. The monoisotopic (exact) mass is 287 g/mol. The molecule has 0 bridgehead atoms. The second-order valence-corrected chi connectivity index (χ2v) is 4.11.